The van der Waals surface area contributed by atoms with E-state index in [4.69, 9.17) is 9.84 Å². The minimum Gasteiger partial charge on any atom is -0.508 e. The predicted molar refractivity (Wildman–Crippen MR) is 43.2 cm³/mol. The van der Waals surface area contributed by atoms with Gasteiger partial charge in [0, 0.05) is 5.41 Å². The average molecular weight is 160 g/mol. The Labute approximate surface area is 67.3 Å². The van der Waals surface area contributed by atoms with Crippen LogP contribution in [-0.2, 0) is 4.74 Å². The van der Waals surface area contributed by atoms with E-state index in [-0.39, 0.29) is 12.4 Å². The summed E-state index contributed by atoms with van der Waals surface area (Å²) in [6.07, 6.45) is 1.27. The highest BCUT2D eigenvalue weighted by molar-refractivity contribution is 4.99. The van der Waals surface area contributed by atoms with E-state index < -0.39 is 5.41 Å². The molecule has 0 aromatic carbocycles. The molecule has 11 heavy (non-hydrogen) atoms. The molecule has 0 atom stereocenters. The minimum absolute atomic E-state index is 0.0712. The highest BCUT2D eigenvalue weighted by Gasteiger charge is 2.22. The Morgan fingerprint density at radius 3 is 2.45 bits per heavy atom. The zero-order valence-corrected chi connectivity index (χ0v) is 7.29. The normalized spacial score (nSPS) is 13.3. The molecule has 0 unspecified atom stereocenters. The quantitative estimate of drug-likeness (QED) is 0.612. The molecule has 0 heterocycles. The third-order valence-corrected chi connectivity index (χ3v) is 1.45. The van der Waals surface area contributed by atoms with Crippen LogP contribution in [0.5, 0.6) is 0 Å². The van der Waals surface area contributed by atoms with Crippen LogP contribution < -0.4 is 0 Å². The third kappa shape index (κ3) is 3.28. The van der Waals surface area contributed by atoms with E-state index in [0.29, 0.717) is 6.61 Å². The largest absolute Gasteiger partial charge is 0.508 e. The number of hydrogen-bond donors (Lipinski definition) is 2. The maximum atomic E-state index is 9.28. The van der Waals surface area contributed by atoms with Gasteiger partial charge in [0.2, 0.25) is 0 Å². The average Bonchev–Trinajstić information content (AvgIpc) is 2.00. The van der Waals surface area contributed by atoms with Crippen LogP contribution in [0.15, 0.2) is 12.0 Å². The van der Waals surface area contributed by atoms with Gasteiger partial charge >= 0.3 is 0 Å². The first-order valence-electron chi connectivity index (χ1n) is 3.66. The van der Waals surface area contributed by atoms with Crippen LogP contribution in [0.1, 0.15) is 20.8 Å². The molecule has 0 saturated carbocycles. The van der Waals surface area contributed by atoms with Crippen molar-refractivity contribution >= 4 is 0 Å². The summed E-state index contributed by atoms with van der Waals surface area (Å²) in [6, 6.07) is 0. The first kappa shape index (κ1) is 10.3. The van der Waals surface area contributed by atoms with E-state index in [1.54, 1.807) is 13.8 Å². The number of rotatable bonds is 4. The van der Waals surface area contributed by atoms with Gasteiger partial charge in [-0.2, -0.15) is 0 Å². The topological polar surface area (TPSA) is 49.7 Å². The Balaban J connectivity index is 4.09. The second-order valence-electron chi connectivity index (χ2n) is 3.00. The Kier molecular flexibility index (Phi) is 3.97. The van der Waals surface area contributed by atoms with Crippen molar-refractivity contribution in [3.63, 3.8) is 0 Å². The van der Waals surface area contributed by atoms with Gasteiger partial charge in [-0.25, -0.2) is 0 Å². The number of aliphatic hydroxyl groups is 2. The van der Waals surface area contributed by atoms with Crippen LogP contribution in [0.25, 0.3) is 0 Å². The fourth-order valence-electron chi connectivity index (χ4n) is 0.403. The highest BCUT2D eigenvalue weighted by Crippen LogP contribution is 2.22. The van der Waals surface area contributed by atoms with Crippen molar-refractivity contribution in [3.8, 4) is 0 Å². The lowest BCUT2D eigenvalue weighted by Gasteiger charge is -2.19. The lowest BCUT2D eigenvalue weighted by molar-refractivity contribution is 0.127. The molecule has 0 rings (SSSR count). The summed E-state index contributed by atoms with van der Waals surface area (Å²) in [6.45, 7) is 5.72. The standard InChI is InChI=1S/C8H16O3/c1-4-11-5-7(10)8(2,3)6-9/h5,9-10H,4,6H2,1-3H3/b7-5+. The molecule has 3 heteroatoms. The van der Waals surface area contributed by atoms with Gasteiger partial charge in [-0.3, -0.25) is 0 Å². The summed E-state index contributed by atoms with van der Waals surface area (Å²) in [4.78, 5) is 0. The molecule has 3 nitrogen and oxygen atoms in total. The van der Waals surface area contributed by atoms with Crippen molar-refractivity contribution < 1.29 is 14.9 Å². The lowest BCUT2D eigenvalue weighted by atomic mass is 9.93. The highest BCUT2D eigenvalue weighted by atomic mass is 16.5. The Bertz CT molecular complexity index is 138. The zero-order valence-electron chi connectivity index (χ0n) is 7.29. The third-order valence-electron chi connectivity index (χ3n) is 1.45. The van der Waals surface area contributed by atoms with Crippen molar-refractivity contribution in [2.45, 2.75) is 20.8 Å². The summed E-state index contributed by atoms with van der Waals surface area (Å²) < 4.78 is 4.86. The van der Waals surface area contributed by atoms with Crippen molar-refractivity contribution in [3.05, 3.63) is 12.0 Å². The fraction of sp³-hybridized carbons (Fsp3) is 0.750. The van der Waals surface area contributed by atoms with Gasteiger partial charge < -0.3 is 14.9 Å². The van der Waals surface area contributed by atoms with E-state index in [2.05, 4.69) is 0 Å². The van der Waals surface area contributed by atoms with Gasteiger partial charge in [-0.1, -0.05) is 13.8 Å². The van der Waals surface area contributed by atoms with Crippen molar-refractivity contribution in [2.24, 2.45) is 5.41 Å². The Morgan fingerprint density at radius 2 is 2.09 bits per heavy atom. The van der Waals surface area contributed by atoms with Gasteiger partial charge in [0.15, 0.2) is 0 Å². The zero-order chi connectivity index (χ0) is 8.91. The molecular weight excluding hydrogens is 144 g/mol. The van der Waals surface area contributed by atoms with Crippen LogP contribution in [-0.4, -0.2) is 23.4 Å². The van der Waals surface area contributed by atoms with Crippen molar-refractivity contribution in [2.75, 3.05) is 13.2 Å². The monoisotopic (exact) mass is 160 g/mol. The Morgan fingerprint density at radius 1 is 1.55 bits per heavy atom. The summed E-state index contributed by atoms with van der Waals surface area (Å²) in [5, 5.41) is 18.1. The van der Waals surface area contributed by atoms with E-state index >= 15 is 0 Å². The van der Waals surface area contributed by atoms with Gasteiger partial charge in [0.25, 0.3) is 0 Å². The summed E-state index contributed by atoms with van der Waals surface area (Å²) >= 11 is 0. The molecule has 66 valence electrons. The summed E-state index contributed by atoms with van der Waals surface area (Å²) in [5.41, 5.74) is -0.602. The molecule has 0 aliphatic rings. The molecule has 0 aliphatic carbocycles. The van der Waals surface area contributed by atoms with Gasteiger partial charge in [-0.15, -0.1) is 0 Å². The molecule has 0 bridgehead atoms. The molecule has 0 fully saturated rings. The molecule has 0 aromatic heterocycles. The molecule has 2 N–H and O–H groups in total. The van der Waals surface area contributed by atoms with Gasteiger partial charge in [-0.05, 0) is 6.92 Å². The fourth-order valence-corrected chi connectivity index (χ4v) is 0.403. The van der Waals surface area contributed by atoms with E-state index in [9.17, 15) is 5.11 Å². The molecule has 0 aliphatic heterocycles. The van der Waals surface area contributed by atoms with Crippen LogP contribution in [0.2, 0.25) is 0 Å². The molecular formula is C8H16O3. The second kappa shape index (κ2) is 4.23. The maximum Gasteiger partial charge on any atom is 0.134 e. The molecule has 0 radical (unpaired) electrons. The van der Waals surface area contributed by atoms with Crippen molar-refractivity contribution in [1.29, 1.82) is 0 Å². The predicted octanol–water partition coefficient (Wildman–Crippen LogP) is 1.44. The maximum absolute atomic E-state index is 9.28. The number of aliphatic hydroxyl groups excluding tert-OH is 2. The van der Waals surface area contributed by atoms with Crippen LogP contribution in [0, 0.1) is 5.41 Å². The lowest BCUT2D eigenvalue weighted by Crippen LogP contribution is -2.19. The minimum atomic E-state index is -0.602. The smallest absolute Gasteiger partial charge is 0.134 e. The van der Waals surface area contributed by atoms with Crippen LogP contribution >= 0.6 is 0 Å². The summed E-state index contributed by atoms with van der Waals surface area (Å²) in [7, 11) is 0. The first-order valence-corrected chi connectivity index (χ1v) is 3.66. The molecule has 0 aromatic rings. The second-order valence-corrected chi connectivity index (χ2v) is 3.00. The number of hydrogen-bond acceptors (Lipinski definition) is 3. The van der Waals surface area contributed by atoms with Crippen LogP contribution in [0.4, 0.5) is 0 Å². The summed E-state index contributed by atoms with van der Waals surface area (Å²) in [5.74, 6) is 0.0712. The van der Waals surface area contributed by atoms with E-state index in [1.165, 1.54) is 6.26 Å². The van der Waals surface area contributed by atoms with E-state index in [1.807, 2.05) is 6.92 Å². The van der Waals surface area contributed by atoms with Crippen molar-refractivity contribution in [1.82, 2.24) is 0 Å². The first-order chi connectivity index (χ1) is 5.04. The van der Waals surface area contributed by atoms with Crippen LogP contribution in [0.3, 0.4) is 0 Å². The van der Waals surface area contributed by atoms with E-state index in [0.717, 1.165) is 0 Å². The molecule has 0 spiro atoms. The Hall–Kier alpha value is -0.700. The molecule has 0 saturated heterocycles. The molecule has 0 amide bonds. The number of ether oxygens (including phenoxy) is 1. The SMILES string of the molecule is CCO/C=C(/O)C(C)(C)CO. The van der Waals surface area contributed by atoms with Gasteiger partial charge in [0.1, 0.15) is 12.0 Å². The van der Waals surface area contributed by atoms with Gasteiger partial charge in [0.05, 0.1) is 13.2 Å².